The molecule has 0 spiro atoms. The third-order valence-electron chi connectivity index (χ3n) is 5.79. The Bertz CT molecular complexity index is 1550. The Hall–Kier alpha value is -4.27. The monoisotopic (exact) mass is 459 g/mol. The first-order valence-electron chi connectivity index (χ1n) is 10.6. The summed E-state index contributed by atoms with van der Waals surface area (Å²) in [5.74, 6) is -1.83. The molecule has 0 aliphatic carbocycles. The minimum absolute atomic E-state index is 0.169. The molecule has 34 heavy (non-hydrogen) atoms. The maximum absolute atomic E-state index is 15.4. The van der Waals surface area contributed by atoms with Gasteiger partial charge in [-0.1, -0.05) is 19.1 Å². The number of hydrogen-bond acceptors (Lipinski definition) is 6. The molecule has 0 bridgehead atoms. The van der Waals surface area contributed by atoms with Crippen molar-refractivity contribution in [1.29, 1.82) is 0 Å². The molecule has 0 saturated carbocycles. The van der Waals surface area contributed by atoms with Gasteiger partial charge in [0.2, 0.25) is 0 Å². The maximum atomic E-state index is 15.4. The van der Waals surface area contributed by atoms with Crippen molar-refractivity contribution in [2.24, 2.45) is 0 Å². The number of halogens is 2. The minimum atomic E-state index is -0.762. The van der Waals surface area contributed by atoms with Crippen LogP contribution in [0.5, 0.6) is 0 Å². The molecular weight excluding hydrogens is 440 g/mol. The standard InChI is InChI=1S/C25H19F2N5O2/c1-3-21(17-8-9-19-16(22(17)27)5-4-10-28-19)32-13-30-23-24(32)31-20(12-29-23)14-6-7-15(18(26)11-14)25(33)34-2/h4-13,21H,3H2,1-2H3. The van der Waals surface area contributed by atoms with E-state index in [9.17, 15) is 9.18 Å². The lowest BCUT2D eigenvalue weighted by Gasteiger charge is -2.19. The number of hydrogen-bond donors (Lipinski definition) is 0. The summed E-state index contributed by atoms with van der Waals surface area (Å²) >= 11 is 0. The molecule has 9 heteroatoms. The quantitative estimate of drug-likeness (QED) is 0.340. The van der Waals surface area contributed by atoms with Gasteiger partial charge in [0.1, 0.15) is 11.6 Å². The van der Waals surface area contributed by atoms with E-state index in [0.29, 0.717) is 45.4 Å². The van der Waals surface area contributed by atoms with Gasteiger partial charge in [-0.2, -0.15) is 0 Å². The van der Waals surface area contributed by atoms with E-state index < -0.39 is 17.8 Å². The topological polar surface area (TPSA) is 82.8 Å². The van der Waals surface area contributed by atoms with Gasteiger partial charge in [0.15, 0.2) is 11.3 Å². The first-order valence-corrected chi connectivity index (χ1v) is 10.6. The normalized spacial score (nSPS) is 12.2. The largest absolute Gasteiger partial charge is 0.465 e. The van der Waals surface area contributed by atoms with Gasteiger partial charge in [0.25, 0.3) is 0 Å². The lowest BCUT2D eigenvalue weighted by molar-refractivity contribution is 0.0595. The molecule has 5 rings (SSSR count). The number of rotatable bonds is 5. The van der Waals surface area contributed by atoms with Crippen LogP contribution in [0.15, 0.2) is 61.2 Å². The van der Waals surface area contributed by atoms with Crippen LogP contribution < -0.4 is 0 Å². The van der Waals surface area contributed by atoms with Crippen molar-refractivity contribution in [3.8, 4) is 11.3 Å². The fraction of sp³-hybridized carbons (Fsp3) is 0.160. The second-order valence-electron chi connectivity index (χ2n) is 7.70. The van der Waals surface area contributed by atoms with Crippen molar-refractivity contribution >= 4 is 28.2 Å². The molecule has 0 aliphatic heterocycles. The molecule has 2 aromatic carbocycles. The number of esters is 1. The first kappa shape index (κ1) is 21.6. The van der Waals surface area contributed by atoms with Crippen molar-refractivity contribution in [3.63, 3.8) is 0 Å². The molecule has 0 N–H and O–H groups in total. The molecular formula is C25H19F2N5O2. The van der Waals surface area contributed by atoms with Crippen molar-refractivity contribution in [2.75, 3.05) is 7.11 Å². The summed E-state index contributed by atoms with van der Waals surface area (Å²) in [4.78, 5) is 29.2. The van der Waals surface area contributed by atoms with Gasteiger partial charge >= 0.3 is 5.97 Å². The molecule has 3 heterocycles. The number of benzene rings is 2. The number of ether oxygens (including phenoxy) is 1. The van der Waals surface area contributed by atoms with E-state index in [4.69, 9.17) is 0 Å². The smallest absolute Gasteiger partial charge is 0.340 e. The molecule has 0 fully saturated rings. The Balaban J connectivity index is 1.60. The highest BCUT2D eigenvalue weighted by Gasteiger charge is 2.22. The zero-order chi connectivity index (χ0) is 23.8. The predicted octanol–water partition coefficient (Wildman–Crippen LogP) is 5.11. The first-order chi connectivity index (χ1) is 16.5. The van der Waals surface area contributed by atoms with Gasteiger partial charge in [0, 0.05) is 22.7 Å². The summed E-state index contributed by atoms with van der Waals surface area (Å²) in [7, 11) is 1.19. The number of carbonyl (C=O) groups is 1. The summed E-state index contributed by atoms with van der Waals surface area (Å²) in [6.07, 6.45) is 5.26. The Morgan fingerprint density at radius 2 is 1.97 bits per heavy atom. The van der Waals surface area contributed by atoms with Gasteiger partial charge in [-0.3, -0.25) is 4.98 Å². The molecule has 0 radical (unpaired) electrons. The van der Waals surface area contributed by atoms with Crippen LogP contribution >= 0.6 is 0 Å². The van der Waals surface area contributed by atoms with E-state index in [2.05, 4.69) is 24.7 Å². The van der Waals surface area contributed by atoms with Crippen LogP contribution in [0.4, 0.5) is 8.78 Å². The van der Waals surface area contributed by atoms with Crippen LogP contribution in [0.2, 0.25) is 0 Å². The molecule has 0 saturated heterocycles. The van der Waals surface area contributed by atoms with Crippen molar-refractivity contribution in [1.82, 2.24) is 24.5 Å². The van der Waals surface area contributed by atoms with E-state index in [-0.39, 0.29) is 11.4 Å². The van der Waals surface area contributed by atoms with Gasteiger partial charge in [0.05, 0.1) is 42.4 Å². The average molecular weight is 459 g/mol. The van der Waals surface area contributed by atoms with E-state index in [1.54, 1.807) is 47.4 Å². The van der Waals surface area contributed by atoms with Crippen molar-refractivity contribution in [3.05, 3.63) is 83.9 Å². The van der Waals surface area contributed by atoms with E-state index in [1.807, 2.05) is 6.92 Å². The molecule has 0 aliphatic rings. The Morgan fingerprint density at radius 3 is 2.74 bits per heavy atom. The predicted molar refractivity (Wildman–Crippen MR) is 122 cm³/mol. The van der Waals surface area contributed by atoms with E-state index >= 15 is 4.39 Å². The number of aromatic nitrogens is 5. The molecule has 7 nitrogen and oxygen atoms in total. The number of fused-ring (bicyclic) bond motifs is 2. The van der Waals surface area contributed by atoms with Gasteiger partial charge in [-0.05, 0) is 36.8 Å². The Morgan fingerprint density at radius 1 is 1.12 bits per heavy atom. The van der Waals surface area contributed by atoms with Gasteiger partial charge in [-0.25, -0.2) is 28.5 Å². The minimum Gasteiger partial charge on any atom is -0.465 e. The number of nitrogens with zero attached hydrogens (tertiary/aromatic N) is 5. The number of carbonyl (C=O) groups excluding carboxylic acids is 1. The SMILES string of the molecule is CCC(c1ccc2ncccc2c1F)n1cnc2ncc(-c3ccc(C(=O)OC)c(F)c3)nc21. The van der Waals surface area contributed by atoms with Crippen molar-refractivity contribution in [2.45, 2.75) is 19.4 Å². The van der Waals surface area contributed by atoms with Crippen molar-refractivity contribution < 1.29 is 18.3 Å². The highest BCUT2D eigenvalue weighted by molar-refractivity contribution is 5.90. The van der Waals surface area contributed by atoms with Gasteiger partial charge in [-0.15, -0.1) is 0 Å². The number of imidazole rings is 1. The maximum Gasteiger partial charge on any atom is 0.340 e. The Kier molecular flexibility index (Phi) is 5.45. The molecule has 170 valence electrons. The highest BCUT2D eigenvalue weighted by atomic mass is 19.1. The van der Waals surface area contributed by atoms with Crippen LogP contribution in [-0.4, -0.2) is 37.6 Å². The highest BCUT2D eigenvalue weighted by Crippen LogP contribution is 2.31. The summed E-state index contributed by atoms with van der Waals surface area (Å²) in [5.41, 5.74) is 2.55. The molecule has 1 unspecified atom stereocenters. The third-order valence-corrected chi connectivity index (χ3v) is 5.79. The van der Waals surface area contributed by atoms with Crippen LogP contribution in [0.25, 0.3) is 33.5 Å². The number of pyridine rings is 1. The van der Waals surface area contributed by atoms with Crippen LogP contribution in [0.1, 0.15) is 35.3 Å². The molecule has 3 aromatic heterocycles. The van der Waals surface area contributed by atoms with Crippen LogP contribution in [0.3, 0.4) is 0 Å². The summed E-state index contributed by atoms with van der Waals surface area (Å²) < 4.78 is 36.3. The van der Waals surface area contributed by atoms with E-state index in [0.717, 1.165) is 0 Å². The molecule has 5 aromatic rings. The number of methoxy groups -OCH3 is 1. The fourth-order valence-corrected chi connectivity index (χ4v) is 4.08. The lowest BCUT2D eigenvalue weighted by atomic mass is 10.0. The lowest BCUT2D eigenvalue weighted by Crippen LogP contribution is -2.12. The average Bonchev–Trinajstić information content (AvgIpc) is 3.28. The van der Waals surface area contributed by atoms with Crippen LogP contribution in [-0.2, 0) is 4.74 Å². The Labute approximate surface area is 193 Å². The summed E-state index contributed by atoms with van der Waals surface area (Å²) in [6, 6.07) is 10.6. The zero-order valence-corrected chi connectivity index (χ0v) is 18.4. The van der Waals surface area contributed by atoms with Crippen LogP contribution in [0, 0.1) is 11.6 Å². The summed E-state index contributed by atoms with van der Waals surface area (Å²) in [5, 5.41) is 0.441. The second-order valence-corrected chi connectivity index (χ2v) is 7.70. The zero-order valence-electron chi connectivity index (χ0n) is 18.4. The fourth-order valence-electron chi connectivity index (χ4n) is 4.08. The van der Waals surface area contributed by atoms with E-state index in [1.165, 1.54) is 25.4 Å². The van der Waals surface area contributed by atoms with Gasteiger partial charge < -0.3 is 9.30 Å². The molecule has 1 atom stereocenters. The molecule has 0 amide bonds. The second kappa shape index (κ2) is 8.58. The summed E-state index contributed by atoms with van der Waals surface area (Å²) in [6.45, 7) is 1.95. The third kappa shape index (κ3) is 3.55.